The highest BCUT2D eigenvalue weighted by Gasteiger charge is 2.34. The minimum atomic E-state index is -0.335. The summed E-state index contributed by atoms with van der Waals surface area (Å²) in [6, 6.07) is 7.48. The molecule has 18 heavy (non-hydrogen) atoms. The van der Waals surface area contributed by atoms with E-state index in [9.17, 15) is 9.59 Å². The number of imide groups is 1. The Balaban J connectivity index is 2.32. The van der Waals surface area contributed by atoms with Crippen LogP contribution in [0.25, 0.3) is 6.08 Å². The zero-order valence-electron chi connectivity index (χ0n) is 9.22. The molecule has 0 aliphatic carbocycles. The van der Waals surface area contributed by atoms with Crippen LogP contribution < -0.4 is 0 Å². The molecule has 0 N–H and O–H groups in total. The molecule has 0 spiro atoms. The van der Waals surface area contributed by atoms with E-state index in [1.54, 1.807) is 6.08 Å². The first-order valence-electron chi connectivity index (χ1n) is 5.07. The maximum Gasteiger partial charge on any atom is 0.294 e. The highest BCUT2D eigenvalue weighted by Crippen LogP contribution is 2.33. The zero-order valence-corrected chi connectivity index (χ0v) is 11.6. The number of nitrogens with zero attached hydrogens (tertiary/aromatic N) is 1. The van der Waals surface area contributed by atoms with E-state index in [2.05, 4.69) is 21.9 Å². The van der Waals surface area contributed by atoms with Crippen LogP contribution >= 0.6 is 27.7 Å². The van der Waals surface area contributed by atoms with Crippen LogP contribution in [0.3, 0.4) is 0 Å². The smallest absolute Gasteiger partial charge is 0.268 e. The second-order valence-corrected chi connectivity index (χ2v) is 5.34. The lowest BCUT2D eigenvalue weighted by Crippen LogP contribution is -2.28. The molecule has 5 heteroatoms. The fourth-order valence-corrected chi connectivity index (χ4v) is 2.69. The van der Waals surface area contributed by atoms with Crippen molar-refractivity contribution >= 4 is 44.9 Å². The van der Waals surface area contributed by atoms with Crippen molar-refractivity contribution in [2.75, 3.05) is 6.54 Å². The summed E-state index contributed by atoms with van der Waals surface area (Å²) in [4.78, 5) is 25.0. The highest BCUT2D eigenvalue weighted by atomic mass is 79.9. The van der Waals surface area contributed by atoms with Crippen LogP contribution in [0.5, 0.6) is 0 Å². The molecule has 0 aromatic heterocycles. The lowest BCUT2D eigenvalue weighted by molar-refractivity contribution is -0.122. The standard InChI is InChI=1S/C13H8BrNO2S/c1-2-7-15-12(16)11(18-13(15)17)8-9-5-3-4-6-10(9)14/h1,3-6,8H,7H2. The number of rotatable bonds is 2. The van der Waals surface area contributed by atoms with E-state index in [0.717, 1.165) is 26.7 Å². The summed E-state index contributed by atoms with van der Waals surface area (Å²) in [6.07, 6.45) is 6.81. The minimum Gasteiger partial charge on any atom is -0.268 e. The van der Waals surface area contributed by atoms with Crippen molar-refractivity contribution in [3.8, 4) is 12.3 Å². The van der Waals surface area contributed by atoms with Crippen molar-refractivity contribution in [1.82, 2.24) is 4.90 Å². The van der Waals surface area contributed by atoms with E-state index in [1.165, 1.54) is 0 Å². The van der Waals surface area contributed by atoms with Gasteiger partial charge < -0.3 is 0 Å². The van der Waals surface area contributed by atoms with Crippen LogP contribution in [0, 0.1) is 12.3 Å². The van der Waals surface area contributed by atoms with Gasteiger partial charge in [0.15, 0.2) is 0 Å². The average Bonchev–Trinajstić information content (AvgIpc) is 2.60. The van der Waals surface area contributed by atoms with E-state index in [0.29, 0.717) is 4.91 Å². The van der Waals surface area contributed by atoms with E-state index in [1.807, 2.05) is 24.3 Å². The molecule has 0 unspecified atom stereocenters. The van der Waals surface area contributed by atoms with Crippen molar-refractivity contribution in [3.63, 3.8) is 0 Å². The molecule has 2 amide bonds. The quantitative estimate of drug-likeness (QED) is 0.620. The molecular formula is C13H8BrNO2S. The number of hydrogen-bond acceptors (Lipinski definition) is 3. The Bertz CT molecular complexity index is 589. The molecule has 90 valence electrons. The van der Waals surface area contributed by atoms with Gasteiger partial charge in [0.2, 0.25) is 0 Å². The Morgan fingerprint density at radius 2 is 2.11 bits per heavy atom. The van der Waals surface area contributed by atoms with Gasteiger partial charge in [0, 0.05) is 4.47 Å². The van der Waals surface area contributed by atoms with Gasteiger partial charge in [-0.25, -0.2) is 0 Å². The first-order chi connectivity index (χ1) is 8.63. The normalized spacial score (nSPS) is 17.3. The van der Waals surface area contributed by atoms with Crippen LogP contribution in [0.2, 0.25) is 0 Å². The second kappa shape index (κ2) is 5.42. The summed E-state index contributed by atoms with van der Waals surface area (Å²) < 4.78 is 0.869. The van der Waals surface area contributed by atoms with Gasteiger partial charge >= 0.3 is 0 Å². The predicted octanol–water partition coefficient (Wildman–Crippen LogP) is 3.12. The molecule has 1 aromatic carbocycles. The zero-order chi connectivity index (χ0) is 13.1. The minimum absolute atomic E-state index is 0.0119. The van der Waals surface area contributed by atoms with Crippen molar-refractivity contribution in [2.45, 2.75) is 0 Å². The molecular weight excluding hydrogens is 314 g/mol. The van der Waals surface area contributed by atoms with E-state index < -0.39 is 0 Å². The summed E-state index contributed by atoms with van der Waals surface area (Å²) in [5.41, 5.74) is 0.851. The van der Waals surface area contributed by atoms with Crippen LogP contribution in [0.15, 0.2) is 33.6 Å². The fourth-order valence-electron chi connectivity index (χ4n) is 1.46. The van der Waals surface area contributed by atoms with Crippen LogP contribution in [-0.2, 0) is 4.79 Å². The lowest BCUT2D eigenvalue weighted by atomic mass is 10.2. The predicted molar refractivity (Wildman–Crippen MR) is 75.7 cm³/mol. The SMILES string of the molecule is C#CCN1C(=O)SC(=Cc2ccccc2Br)C1=O. The van der Waals surface area contributed by atoms with Gasteiger partial charge in [-0.05, 0) is 29.5 Å². The molecule has 0 atom stereocenters. The third kappa shape index (κ3) is 2.50. The lowest BCUT2D eigenvalue weighted by Gasteiger charge is -2.06. The van der Waals surface area contributed by atoms with E-state index in [4.69, 9.17) is 6.42 Å². The van der Waals surface area contributed by atoms with Crippen LogP contribution in [0.4, 0.5) is 4.79 Å². The molecule has 3 nitrogen and oxygen atoms in total. The monoisotopic (exact) mass is 321 g/mol. The van der Waals surface area contributed by atoms with Gasteiger partial charge in [0.25, 0.3) is 11.1 Å². The van der Waals surface area contributed by atoms with Gasteiger partial charge in [0.1, 0.15) is 0 Å². The maximum absolute atomic E-state index is 11.9. The number of thioether (sulfide) groups is 1. The Morgan fingerprint density at radius 1 is 1.39 bits per heavy atom. The van der Waals surface area contributed by atoms with Gasteiger partial charge in [-0.2, -0.15) is 0 Å². The van der Waals surface area contributed by atoms with Crippen molar-refractivity contribution in [1.29, 1.82) is 0 Å². The Hall–Kier alpha value is -1.51. The number of carbonyl (C=O) groups is 2. The summed E-state index contributed by atoms with van der Waals surface area (Å²) in [7, 11) is 0. The van der Waals surface area contributed by atoms with Gasteiger partial charge in [-0.1, -0.05) is 40.0 Å². The second-order valence-electron chi connectivity index (χ2n) is 3.49. The molecule has 1 aliphatic rings. The van der Waals surface area contributed by atoms with E-state index in [-0.39, 0.29) is 17.7 Å². The van der Waals surface area contributed by atoms with Crippen LogP contribution in [0.1, 0.15) is 5.56 Å². The maximum atomic E-state index is 11.9. The average molecular weight is 322 g/mol. The summed E-state index contributed by atoms with van der Waals surface area (Å²) in [6.45, 7) is 0.0119. The number of hydrogen-bond donors (Lipinski definition) is 0. The molecule has 1 fully saturated rings. The highest BCUT2D eigenvalue weighted by molar-refractivity contribution is 9.10. The topological polar surface area (TPSA) is 37.4 Å². The van der Waals surface area contributed by atoms with Crippen molar-refractivity contribution in [2.24, 2.45) is 0 Å². The number of benzene rings is 1. The third-order valence-corrected chi connectivity index (χ3v) is 3.94. The molecule has 0 saturated carbocycles. The van der Waals surface area contributed by atoms with Gasteiger partial charge in [-0.15, -0.1) is 6.42 Å². The Kier molecular flexibility index (Phi) is 3.90. The molecule has 1 aliphatic heterocycles. The molecule has 1 saturated heterocycles. The van der Waals surface area contributed by atoms with Gasteiger partial charge in [0.05, 0.1) is 11.4 Å². The summed E-state index contributed by atoms with van der Waals surface area (Å²) >= 11 is 4.30. The number of amides is 2. The number of halogens is 1. The summed E-state index contributed by atoms with van der Waals surface area (Å²) in [5, 5.41) is -0.323. The van der Waals surface area contributed by atoms with Crippen molar-refractivity contribution < 1.29 is 9.59 Å². The number of terminal acetylenes is 1. The first kappa shape index (κ1) is 12.9. The van der Waals surface area contributed by atoms with Crippen molar-refractivity contribution in [3.05, 3.63) is 39.2 Å². The Morgan fingerprint density at radius 3 is 2.78 bits per heavy atom. The van der Waals surface area contributed by atoms with E-state index >= 15 is 0 Å². The molecule has 2 rings (SSSR count). The third-order valence-electron chi connectivity index (χ3n) is 2.31. The van der Waals surface area contributed by atoms with Gasteiger partial charge in [-0.3, -0.25) is 14.5 Å². The number of carbonyl (C=O) groups excluding carboxylic acids is 2. The van der Waals surface area contributed by atoms with Crippen LogP contribution in [-0.4, -0.2) is 22.6 Å². The first-order valence-corrected chi connectivity index (χ1v) is 6.68. The Labute approximate surface area is 117 Å². The largest absolute Gasteiger partial charge is 0.294 e. The molecule has 0 bridgehead atoms. The summed E-state index contributed by atoms with van der Waals surface area (Å²) in [5.74, 6) is 1.97. The molecule has 1 heterocycles. The molecule has 0 radical (unpaired) electrons. The fraction of sp³-hybridized carbons (Fsp3) is 0.0769. The molecule has 1 aromatic rings.